The van der Waals surface area contributed by atoms with E-state index >= 15 is 0 Å². The molecule has 0 saturated heterocycles. The van der Waals surface area contributed by atoms with Gasteiger partial charge in [-0.2, -0.15) is 23.3 Å². The molecule has 0 spiro atoms. The zero-order chi connectivity index (χ0) is 21.4. The minimum atomic E-state index is -4.35. The van der Waals surface area contributed by atoms with Gasteiger partial charge in [-0.3, -0.25) is 5.10 Å². The first kappa shape index (κ1) is 19.5. The van der Waals surface area contributed by atoms with Gasteiger partial charge in [0.15, 0.2) is 11.5 Å². The highest BCUT2D eigenvalue weighted by atomic mass is 19.4. The summed E-state index contributed by atoms with van der Waals surface area (Å²) in [5.74, 6) is 1.87. The Morgan fingerprint density at radius 1 is 1.13 bits per heavy atom. The van der Waals surface area contributed by atoms with Crippen molar-refractivity contribution >= 4 is 16.9 Å². The second-order valence-corrected chi connectivity index (χ2v) is 7.63. The Labute approximate surface area is 174 Å². The quantitative estimate of drug-likeness (QED) is 0.492. The number of halogens is 3. The molecule has 3 heterocycles. The molecule has 0 bridgehead atoms. The third-order valence-electron chi connectivity index (χ3n) is 5.50. The van der Waals surface area contributed by atoms with Crippen molar-refractivity contribution in [2.45, 2.75) is 43.8 Å². The number of hydrogen-bond acceptors (Lipinski definition) is 7. The molecule has 4 aromatic rings. The summed E-state index contributed by atoms with van der Waals surface area (Å²) >= 11 is 0. The highest BCUT2D eigenvalue weighted by Gasteiger charge is 2.31. The van der Waals surface area contributed by atoms with Crippen LogP contribution in [0.15, 0.2) is 41.3 Å². The number of rotatable bonds is 5. The van der Waals surface area contributed by atoms with Crippen LogP contribution in [0.4, 0.5) is 19.0 Å². The average molecular weight is 429 g/mol. The largest absolute Gasteiger partial charge is 0.416 e. The maximum absolute atomic E-state index is 12.7. The van der Waals surface area contributed by atoms with Crippen molar-refractivity contribution in [2.75, 3.05) is 5.32 Å². The van der Waals surface area contributed by atoms with Crippen molar-refractivity contribution in [3.63, 3.8) is 0 Å². The SMILES string of the molecule is FC(F)(F)c1ccc(Cc2noc([C@H]3CC[C@H](Nc4ncnc5[nH]ncc45)C3)n2)cc1. The van der Waals surface area contributed by atoms with Crippen LogP contribution in [0.2, 0.25) is 0 Å². The highest BCUT2D eigenvalue weighted by molar-refractivity contribution is 5.85. The van der Waals surface area contributed by atoms with Crippen molar-refractivity contribution in [2.24, 2.45) is 0 Å². The number of aromatic nitrogens is 6. The highest BCUT2D eigenvalue weighted by Crippen LogP contribution is 2.35. The summed E-state index contributed by atoms with van der Waals surface area (Å²) in [5.41, 5.74) is 0.696. The Hall–Kier alpha value is -3.50. The van der Waals surface area contributed by atoms with Crippen LogP contribution in [-0.4, -0.2) is 36.3 Å². The van der Waals surface area contributed by atoms with Gasteiger partial charge in [-0.15, -0.1) is 0 Å². The average Bonchev–Trinajstić information content (AvgIpc) is 3.48. The van der Waals surface area contributed by atoms with E-state index in [1.165, 1.54) is 18.5 Å². The number of aromatic amines is 1. The first-order valence-corrected chi connectivity index (χ1v) is 9.85. The van der Waals surface area contributed by atoms with Crippen LogP contribution in [0.25, 0.3) is 11.0 Å². The van der Waals surface area contributed by atoms with Gasteiger partial charge in [0, 0.05) is 18.4 Å². The van der Waals surface area contributed by atoms with Crippen molar-refractivity contribution in [3.05, 3.63) is 59.6 Å². The maximum atomic E-state index is 12.7. The summed E-state index contributed by atoms with van der Waals surface area (Å²) in [6, 6.07) is 5.20. The van der Waals surface area contributed by atoms with Gasteiger partial charge in [0.1, 0.15) is 12.1 Å². The first-order chi connectivity index (χ1) is 15.0. The number of H-pyrrole nitrogens is 1. The predicted molar refractivity (Wildman–Crippen MR) is 104 cm³/mol. The molecule has 0 unspecified atom stereocenters. The number of alkyl halides is 3. The summed E-state index contributed by atoms with van der Waals surface area (Å²) in [5, 5.41) is 15.1. The molecule has 1 saturated carbocycles. The number of benzene rings is 1. The monoisotopic (exact) mass is 429 g/mol. The van der Waals surface area contributed by atoms with E-state index in [9.17, 15) is 13.2 Å². The van der Waals surface area contributed by atoms with Gasteiger partial charge in [0.25, 0.3) is 0 Å². The Kier molecular flexibility index (Phi) is 4.79. The fourth-order valence-electron chi connectivity index (χ4n) is 3.91. The summed E-state index contributed by atoms with van der Waals surface area (Å²) in [4.78, 5) is 12.9. The molecule has 5 rings (SSSR count). The minimum absolute atomic E-state index is 0.119. The molecule has 8 nitrogen and oxygen atoms in total. The second kappa shape index (κ2) is 7.64. The Bertz CT molecular complexity index is 1190. The van der Waals surface area contributed by atoms with E-state index in [-0.39, 0.29) is 12.0 Å². The molecule has 0 amide bonds. The molecule has 160 valence electrons. The van der Waals surface area contributed by atoms with Crippen molar-refractivity contribution in [1.29, 1.82) is 0 Å². The Morgan fingerprint density at radius 2 is 1.97 bits per heavy atom. The topological polar surface area (TPSA) is 105 Å². The molecule has 1 fully saturated rings. The van der Waals surface area contributed by atoms with Gasteiger partial charge in [-0.1, -0.05) is 17.3 Å². The summed E-state index contributed by atoms with van der Waals surface area (Å²) in [6.07, 6.45) is 1.76. The fourth-order valence-corrected chi connectivity index (χ4v) is 3.91. The molecule has 31 heavy (non-hydrogen) atoms. The van der Waals surface area contributed by atoms with Crippen LogP contribution >= 0.6 is 0 Å². The maximum Gasteiger partial charge on any atom is 0.416 e. The lowest BCUT2D eigenvalue weighted by atomic mass is 10.1. The van der Waals surface area contributed by atoms with E-state index < -0.39 is 11.7 Å². The number of hydrogen-bond donors (Lipinski definition) is 2. The molecule has 3 aromatic heterocycles. The number of nitrogens with zero attached hydrogens (tertiary/aromatic N) is 5. The lowest BCUT2D eigenvalue weighted by Gasteiger charge is -2.13. The molecule has 1 aliphatic carbocycles. The normalized spacial score (nSPS) is 19.2. The zero-order valence-electron chi connectivity index (χ0n) is 16.2. The van der Waals surface area contributed by atoms with Crippen LogP contribution < -0.4 is 5.32 Å². The number of anilines is 1. The molecule has 2 N–H and O–H groups in total. The molecule has 11 heteroatoms. The molecular weight excluding hydrogens is 411 g/mol. The zero-order valence-corrected chi connectivity index (χ0v) is 16.2. The minimum Gasteiger partial charge on any atom is -0.367 e. The second-order valence-electron chi connectivity index (χ2n) is 7.63. The smallest absolute Gasteiger partial charge is 0.367 e. The van der Waals surface area contributed by atoms with Crippen molar-refractivity contribution in [1.82, 2.24) is 30.3 Å². The van der Waals surface area contributed by atoms with Crippen LogP contribution in [0.3, 0.4) is 0 Å². The number of fused-ring (bicyclic) bond motifs is 1. The Balaban J connectivity index is 1.22. The van der Waals surface area contributed by atoms with Gasteiger partial charge >= 0.3 is 6.18 Å². The third-order valence-corrected chi connectivity index (χ3v) is 5.50. The van der Waals surface area contributed by atoms with E-state index in [0.717, 1.165) is 42.6 Å². The third kappa shape index (κ3) is 4.07. The summed E-state index contributed by atoms with van der Waals surface area (Å²) < 4.78 is 43.5. The molecule has 1 aliphatic rings. The molecule has 1 aromatic carbocycles. The van der Waals surface area contributed by atoms with E-state index in [1.807, 2.05) is 0 Å². The van der Waals surface area contributed by atoms with E-state index in [4.69, 9.17) is 4.52 Å². The molecular formula is C20H18F3N7O. The molecule has 0 radical (unpaired) electrons. The lowest BCUT2D eigenvalue weighted by Crippen LogP contribution is -2.16. The Morgan fingerprint density at radius 3 is 2.77 bits per heavy atom. The summed E-state index contributed by atoms with van der Waals surface area (Å²) in [7, 11) is 0. The van der Waals surface area contributed by atoms with Crippen molar-refractivity contribution < 1.29 is 17.7 Å². The van der Waals surface area contributed by atoms with Crippen LogP contribution in [0.5, 0.6) is 0 Å². The van der Waals surface area contributed by atoms with Gasteiger partial charge in [-0.25, -0.2) is 9.97 Å². The first-order valence-electron chi connectivity index (χ1n) is 9.85. The van der Waals surface area contributed by atoms with Crippen LogP contribution in [0.1, 0.15) is 48.0 Å². The van der Waals surface area contributed by atoms with E-state index in [1.54, 1.807) is 6.20 Å². The van der Waals surface area contributed by atoms with E-state index in [0.29, 0.717) is 29.3 Å². The predicted octanol–water partition coefficient (Wildman–Crippen LogP) is 4.09. The molecule has 2 atom stereocenters. The van der Waals surface area contributed by atoms with Gasteiger partial charge in [0.2, 0.25) is 5.89 Å². The standard InChI is InChI=1S/C20H18F3N7O/c21-20(22,23)13-4-1-11(2-5-13)7-16-28-19(31-30-16)12-3-6-14(8-12)27-17-15-9-26-29-18(15)25-10-24-17/h1-2,4-5,9-10,12,14H,3,6-8H2,(H2,24,25,26,27,29)/t12-,14-/m0/s1. The molecule has 0 aliphatic heterocycles. The van der Waals surface area contributed by atoms with Crippen molar-refractivity contribution in [3.8, 4) is 0 Å². The van der Waals surface area contributed by atoms with Gasteiger partial charge in [0.05, 0.1) is 17.1 Å². The fraction of sp³-hybridized carbons (Fsp3) is 0.350. The lowest BCUT2D eigenvalue weighted by molar-refractivity contribution is -0.137. The van der Waals surface area contributed by atoms with E-state index in [2.05, 4.69) is 35.6 Å². The van der Waals surface area contributed by atoms with Crippen LogP contribution in [-0.2, 0) is 12.6 Å². The van der Waals surface area contributed by atoms with Crippen LogP contribution in [0, 0.1) is 0 Å². The van der Waals surface area contributed by atoms with Gasteiger partial charge < -0.3 is 9.84 Å². The van der Waals surface area contributed by atoms with Gasteiger partial charge in [-0.05, 0) is 37.0 Å². The number of nitrogens with one attached hydrogen (secondary N) is 2. The summed E-state index contributed by atoms with van der Waals surface area (Å²) in [6.45, 7) is 0.